The molecule has 2 N–H and O–H groups in total. The molecule has 3 saturated carbocycles. The van der Waals surface area contributed by atoms with Gasteiger partial charge in [-0.3, -0.25) is 24.4 Å². The van der Waals surface area contributed by atoms with Crippen molar-refractivity contribution in [3.8, 4) is 0 Å². The number of ether oxygens (including phenoxy) is 1. The number of alkyl halides is 3. The zero-order valence-corrected chi connectivity index (χ0v) is 25.0. The average Bonchev–Trinajstić information content (AvgIpc) is 2.88. The molecule has 8 nitrogen and oxygen atoms in total. The van der Waals surface area contributed by atoms with Crippen LogP contribution in [0, 0.1) is 10.8 Å². The van der Waals surface area contributed by atoms with Crippen LogP contribution in [0.3, 0.4) is 0 Å². The predicted octanol–water partition coefficient (Wildman–Crippen LogP) is 5.95. The molecule has 3 aliphatic carbocycles. The molecule has 3 aliphatic rings. The number of amides is 1. The number of nitrogens with zero attached hydrogens (tertiary/aromatic N) is 3. The Labute approximate surface area is 247 Å². The third-order valence-corrected chi connectivity index (χ3v) is 8.18. The van der Waals surface area contributed by atoms with Gasteiger partial charge in [-0.1, -0.05) is 44.0 Å². The molecular weight excluding hydrogens is 584 g/mol. The molecule has 0 aliphatic heterocycles. The van der Waals surface area contributed by atoms with Crippen molar-refractivity contribution in [1.29, 1.82) is 0 Å². The van der Waals surface area contributed by atoms with Gasteiger partial charge in [0.2, 0.25) is 0 Å². The summed E-state index contributed by atoms with van der Waals surface area (Å²) >= 11 is 12.2. The first-order valence-corrected chi connectivity index (χ1v) is 14.1. The molecule has 0 aromatic carbocycles. The van der Waals surface area contributed by atoms with E-state index < -0.39 is 52.1 Å². The van der Waals surface area contributed by atoms with Gasteiger partial charge < -0.3 is 15.4 Å². The molecule has 226 valence electrons. The van der Waals surface area contributed by atoms with E-state index in [4.69, 9.17) is 33.7 Å². The summed E-state index contributed by atoms with van der Waals surface area (Å²) in [5.41, 5.74) is 0.906. The lowest BCUT2D eigenvalue weighted by atomic mass is 9.57. The molecule has 1 amide bonds. The van der Waals surface area contributed by atoms with Crippen LogP contribution in [-0.2, 0) is 14.3 Å². The van der Waals surface area contributed by atoms with Gasteiger partial charge in [0.05, 0.1) is 45.3 Å². The summed E-state index contributed by atoms with van der Waals surface area (Å²) in [6.45, 7) is 6.57. The van der Waals surface area contributed by atoms with E-state index >= 15 is 0 Å². The van der Waals surface area contributed by atoms with E-state index in [0.29, 0.717) is 25.5 Å². The number of esters is 1. The Balaban J connectivity index is 1.97. The highest BCUT2D eigenvalue weighted by atomic mass is 35.5. The van der Waals surface area contributed by atoms with Gasteiger partial charge in [0, 0.05) is 25.1 Å². The smallest absolute Gasteiger partial charge is 0.433 e. The average molecular weight is 620 g/mol. The van der Waals surface area contributed by atoms with Crippen LogP contribution in [0.15, 0.2) is 29.2 Å². The zero-order chi connectivity index (χ0) is 30.8. The highest BCUT2D eigenvalue weighted by Crippen LogP contribution is 2.55. The Bertz CT molecular complexity index is 1210. The molecule has 41 heavy (non-hydrogen) atoms. The number of halogens is 5. The fraction of sp³-hybridized carbons (Fsp3) is 0.607. The number of carbonyl (C=O) groups is 3. The fourth-order valence-electron chi connectivity index (χ4n) is 5.56. The number of pyridine rings is 1. The van der Waals surface area contributed by atoms with E-state index in [1.807, 2.05) is 0 Å². The summed E-state index contributed by atoms with van der Waals surface area (Å²) in [5.74, 6) is -2.10. The van der Waals surface area contributed by atoms with Crippen LogP contribution >= 0.6 is 23.2 Å². The highest BCUT2D eigenvalue weighted by molar-refractivity contribution is 6.39. The Morgan fingerprint density at radius 3 is 2.05 bits per heavy atom. The van der Waals surface area contributed by atoms with Crippen LogP contribution in [0.4, 0.5) is 13.2 Å². The van der Waals surface area contributed by atoms with E-state index in [9.17, 15) is 27.6 Å². The summed E-state index contributed by atoms with van der Waals surface area (Å²) in [6, 6.07) is 0. The van der Waals surface area contributed by atoms with E-state index in [-0.39, 0.29) is 54.0 Å². The SMILES string of the molecule is CCOC(=O)C12CCC(N=C(C(=CN)C(=O)N(CC(=O)c3c(Cl)cncc3Cl)CC(C)(C)C)C(F)(F)F)(CC1)CC2. The van der Waals surface area contributed by atoms with Crippen LogP contribution in [0.5, 0.6) is 0 Å². The van der Waals surface area contributed by atoms with Gasteiger partial charge in [0.25, 0.3) is 5.91 Å². The Morgan fingerprint density at radius 2 is 1.61 bits per heavy atom. The third kappa shape index (κ3) is 7.41. The van der Waals surface area contributed by atoms with Gasteiger partial charge in [-0.15, -0.1) is 0 Å². The molecule has 0 saturated heterocycles. The number of aliphatic imine (C=N–C) groups is 1. The van der Waals surface area contributed by atoms with Gasteiger partial charge in [0.15, 0.2) is 11.5 Å². The molecule has 0 radical (unpaired) electrons. The van der Waals surface area contributed by atoms with Gasteiger partial charge in [-0.05, 0) is 50.9 Å². The van der Waals surface area contributed by atoms with Crippen molar-refractivity contribution in [3.05, 3.63) is 39.8 Å². The van der Waals surface area contributed by atoms with Gasteiger partial charge >= 0.3 is 12.1 Å². The van der Waals surface area contributed by atoms with Gasteiger partial charge in [-0.2, -0.15) is 13.2 Å². The summed E-state index contributed by atoms with van der Waals surface area (Å²) in [5, 5.41) is -0.101. The maximum absolute atomic E-state index is 14.5. The van der Waals surface area contributed by atoms with E-state index in [0.717, 1.165) is 4.90 Å². The molecule has 1 heterocycles. The lowest BCUT2D eigenvalue weighted by Gasteiger charge is -2.50. The highest BCUT2D eigenvalue weighted by Gasteiger charge is 2.55. The Kier molecular flexibility index (Phi) is 9.85. The molecule has 0 unspecified atom stereocenters. The quantitative estimate of drug-likeness (QED) is 0.158. The van der Waals surface area contributed by atoms with Crippen molar-refractivity contribution >= 4 is 46.6 Å². The molecule has 0 spiro atoms. The van der Waals surface area contributed by atoms with Crippen LogP contribution in [0.25, 0.3) is 0 Å². The molecule has 3 fully saturated rings. The van der Waals surface area contributed by atoms with Crippen LogP contribution in [0.2, 0.25) is 10.0 Å². The second-order valence-electron chi connectivity index (χ2n) is 11.9. The largest absolute Gasteiger partial charge is 0.466 e. The standard InChI is InChI=1S/C28H35Cl2F3N4O4/c1-5-41-24(40)26-6-9-27(10-7-26,11-8-26)36-22(28(31,32)33)17(12-34)23(39)37(16-25(2,3)4)15-20(38)21-18(29)13-35-14-19(21)30/h12-14H,5-11,15-16,34H2,1-4H3. The van der Waals surface area contributed by atoms with Gasteiger partial charge in [-0.25, -0.2) is 0 Å². The number of carbonyl (C=O) groups excluding carboxylic acids is 3. The number of Topliss-reactive ketones (excluding diaryl/α,β-unsaturated/α-hetero) is 1. The predicted molar refractivity (Wildman–Crippen MR) is 150 cm³/mol. The van der Waals surface area contributed by atoms with Crippen molar-refractivity contribution in [2.75, 3.05) is 19.7 Å². The zero-order valence-electron chi connectivity index (χ0n) is 23.5. The lowest BCUT2D eigenvalue weighted by Crippen LogP contribution is -2.50. The molecule has 4 rings (SSSR count). The Morgan fingerprint density at radius 1 is 1.07 bits per heavy atom. The van der Waals surface area contributed by atoms with Crippen molar-refractivity contribution in [2.24, 2.45) is 21.6 Å². The fourth-order valence-corrected chi connectivity index (χ4v) is 6.14. The molecular formula is C28H35Cl2F3N4O4. The lowest BCUT2D eigenvalue weighted by molar-refractivity contribution is -0.162. The summed E-state index contributed by atoms with van der Waals surface area (Å²) in [7, 11) is 0. The van der Waals surface area contributed by atoms with Crippen LogP contribution < -0.4 is 5.73 Å². The number of hydrogen-bond donors (Lipinski definition) is 1. The molecule has 0 atom stereocenters. The minimum atomic E-state index is -5.02. The first-order chi connectivity index (χ1) is 19.0. The van der Waals surface area contributed by atoms with Crippen molar-refractivity contribution in [2.45, 2.75) is 77.9 Å². The number of fused-ring (bicyclic) bond motifs is 3. The van der Waals surface area contributed by atoms with E-state index in [2.05, 4.69) is 9.98 Å². The second-order valence-corrected chi connectivity index (χ2v) is 12.7. The number of ketones is 1. The molecule has 13 heteroatoms. The van der Waals surface area contributed by atoms with Crippen molar-refractivity contribution in [3.63, 3.8) is 0 Å². The minimum absolute atomic E-state index is 0.0506. The molecule has 1 aromatic rings. The first-order valence-electron chi connectivity index (χ1n) is 13.4. The summed E-state index contributed by atoms with van der Waals surface area (Å²) in [4.78, 5) is 48.5. The van der Waals surface area contributed by atoms with E-state index in [1.165, 1.54) is 12.4 Å². The maximum Gasteiger partial charge on any atom is 0.433 e. The Hall–Kier alpha value is -2.66. The van der Waals surface area contributed by atoms with Crippen LogP contribution in [0.1, 0.15) is 76.6 Å². The van der Waals surface area contributed by atoms with Gasteiger partial charge in [0.1, 0.15) is 0 Å². The number of aromatic nitrogens is 1. The van der Waals surface area contributed by atoms with E-state index in [1.54, 1.807) is 27.7 Å². The van der Waals surface area contributed by atoms with Crippen molar-refractivity contribution < 1.29 is 32.3 Å². The second kappa shape index (κ2) is 12.3. The van der Waals surface area contributed by atoms with Crippen LogP contribution in [-0.4, -0.2) is 64.7 Å². The molecule has 2 bridgehead atoms. The number of rotatable bonds is 9. The maximum atomic E-state index is 14.5. The summed E-state index contributed by atoms with van der Waals surface area (Å²) in [6.07, 6.45) is -0.274. The topological polar surface area (TPSA) is 115 Å². The first kappa shape index (κ1) is 32.8. The third-order valence-electron chi connectivity index (χ3n) is 7.60. The number of nitrogens with two attached hydrogens (primary N) is 1. The normalized spacial score (nSPS) is 23.3. The molecule has 1 aromatic heterocycles. The van der Waals surface area contributed by atoms with Crippen molar-refractivity contribution in [1.82, 2.24) is 9.88 Å². The minimum Gasteiger partial charge on any atom is -0.466 e. The summed E-state index contributed by atoms with van der Waals surface area (Å²) < 4.78 is 48.9. The monoisotopic (exact) mass is 618 g/mol. The number of hydrogen-bond acceptors (Lipinski definition) is 7.